The highest BCUT2D eigenvalue weighted by atomic mass is 16.5. The summed E-state index contributed by atoms with van der Waals surface area (Å²) in [5.41, 5.74) is 6.32. The molecule has 0 saturated carbocycles. The Morgan fingerprint density at radius 2 is 2.26 bits per heavy atom. The third-order valence-electron chi connectivity index (χ3n) is 3.91. The highest BCUT2D eigenvalue weighted by molar-refractivity contribution is 5.78. The average molecular weight is 262 g/mol. The minimum Gasteiger partial charge on any atom is -0.484 e. The van der Waals surface area contributed by atoms with Crippen LogP contribution in [0.2, 0.25) is 0 Å². The summed E-state index contributed by atoms with van der Waals surface area (Å²) in [5.74, 6) is 1.26. The molecule has 0 aromatic heterocycles. The van der Waals surface area contributed by atoms with E-state index in [1.165, 1.54) is 6.42 Å². The minimum absolute atomic E-state index is 0.0569. The second kappa shape index (κ2) is 5.95. The fraction of sp³-hybridized carbons (Fsp3) is 0.533. The first kappa shape index (κ1) is 13.7. The van der Waals surface area contributed by atoms with E-state index in [0.717, 1.165) is 13.0 Å². The first-order chi connectivity index (χ1) is 9.08. The Kier molecular flexibility index (Phi) is 4.30. The fourth-order valence-corrected chi connectivity index (χ4v) is 2.52. The van der Waals surface area contributed by atoms with E-state index in [-0.39, 0.29) is 12.5 Å². The van der Waals surface area contributed by atoms with E-state index >= 15 is 0 Å². The van der Waals surface area contributed by atoms with Crippen LogP contribution < -0.4 is 10.5 Å². The molecule has 0 aliphatic carbocycles. The van der Waals surface area contributed by atoms with Crippen LogP contribution in [0.1, 0.15) is 26.7 Å². The van der Waals surface area contributed by atoms with Crippen molar-refractivity contribution < 1.29 is 9.53 Å². The summed E-state index contributed by atoms with van der Waals surface area (Å²) in [6.07, 6.45) is 2.27. The molecule has 2 unspecified atom stereocenters. The maximum absolute atomic E-state index is 12.2. The molecule has 0 bridgehead atoms. The molecule has 1 amide bonds. The van der Waals surface area contributed by atoms with Gasteiger partial charge in [-0.05, 0) is 37.8 Å². The van der Waals surface area contributed by atoms with Gasteiger partial charge in [-0.1, -0.05) is 13.0 Å². The number of likely N-dealkylation sites (tertiary alicyclic amines) is 1. The van der Waals surface area contributed by atoms with Gasteiger partial charge in [0.05, 0.1) is 0 Å². The first-order valence-electron chi connectivity index (χ1n) is 6.85. The molecule has 1 aliphatic rings. The number of hydrogen-bond donors (Lipinski definition) is 1. The molecule has 1 aromatic rings. The van der Waals surface area contributed by atoms with Crippen LogP contribution in [0.15, 0.2) is 24.3 Å². The molecule has 0 spiro atoms. The van der Waals surface area contributed by atoms with Gasteiger partial charge in [-0.25, -0.2) is 0 Å². The standard InChI is InChI=1S/C15H22N2O2/c1-11-5-4-8-17(12(11)2)15(18)10-19-14-7-3-6-13(16)9-14/h3,6-7,9,11-12H,4-5,8,10,16H2,1-2H3. The number of carbonyl (C=O) groups excluding carboxylic acids is 1. The third-order valence-corrected chi connectivity index (χ3v) is 3.91. The van der Waals surface area contributed by atoms with Crippen LogP contribution in [0, 0.1) is 5.92 Å². The molecule has 2 N–H and O–H groups in total. The fourth-order valence-electron chi connectivity index (χ4n) is 2.52. The topological polar surface area (TPSA) is 55.6 Å². The lowest BCUT2D eigenvalue weighted by Crippen LogP contribution is -2.47. The highest BCUT2D eigenvalue weighted by Gasteiger charge is 2.28. The number of nitrogen functional groups attached to an aromatic ring is 1. The molecule has 2 atom stereocenters. The van der Waals surface area contributed by atoms with Crippen molar-refractivity contribution >= 4 is 11.6 Å². The zero-order valence-corrected chi connectivity index (χ0v) is 11.6. The van der Waals surface area contributed by atoms with Gasteiger partial charge in [0.15, 0.2) is 6.61 Å². The van der Waals surface area contributed by atoms with Gasteiger partial charge >= 0.3 is 0 Å². The number of nitrogens with two attached hydrogens (primary N) is 1. The molecule has 1 aliphatic heterocycles. The summed E-state index contributed by atoms with van der Waals surface area (Å²) in [5, 5.41) is 0. The van der Waals surface area contributed by atoms with E-state index in [9.17, 15) is 4.79 Å². The van der Waals surface area contributed by atoms with Crippen LogP contribution in [0.4, 0.5) is 5.69 Å². The van der Waals surface area contributed by atoms with E-state index < -0.39 is 0 Å². The maximum atomic E-state index is 12.2. The zero-order chi connectivity index (χ0) is 13.8. The van der Waals surface area contributed by atoms with Crippen molar-refractivity contribution in [2.75, 3.05) is 18.9 Å². The average Bonchev–Trinajstić information content (AvgIpc) is 2.39. The number of amides is 1. The molecule has 2 rings (SSSR count). The number of piperidine rings is 1. The van der Waals surface area contributed by atoms with Gasteiger partial charge in [0.1, 0.15) is 5.75 Å². The summed E-state index contributed by atoms with van der Waals surface area (Å²) < 4.78 is 5.51. The van der Waals surface area contributed by atoms with Crippen molar-refractivity contribution in [3.8, 4) is 5.75 Å². The van der Waals surface area contributed by atoms with Crippen molar-refractivity contribution in [2.45, 2.75) is 32.7 Å². The summed E-state index contributed by atoms with van der Waals surface area (Å²) in [4.78, 5) is 14.1. The number of carbonyl (C=O) groups is 1. The van der Waals surface area contributed by atoms with Crippen LogP contribution in [0.3, 0.4) is 0 Å². The number of hydrogen-bond acceptors (Lipinski definition) is 3. The Balaban J connectivity index is 1.90. The van der Waals surface area contributed by atoms with Crippen molar-refractivity contribution in [1.29, 1.82) is 0 Å². The Morgan fingerprint density at radius 1 is 1.47 bits per heavy atom. The Labute approximate surface area is 114 Å². The largest absolute Gasteiger partial charge is 0.484 e. The minimum atomic E-state index is 0.0569. The van der Waals surface area contributed by atoms with E-state index in [4.69, 9.17) is 10.5 Å². The molecule has 4 nitrogen and oxygen atoms in total. The smallest absolute Gasteiger partial charge is 0.260 e. The van der Waals surface area contributed by atoms with Gasteiger partial charge in [0, 0.05) is 24.3 Å². The predicted octanol–water partition coefficient (Wildman–Crippen LogP) is 2.29. The molecule has 1 aromatic carbocycles. The number of benzene rings is 1. The van der Waals surface area contributed by atoms with Crippen LogP contribution in [-0.2, 0) is 4.79 Å². The monoisotopic (exact) mass is 262 g/mol. The SMILES string of the molecule is CC1CCCN(C(=O)COc2cccc(N)c2)C1C. The van der Waals surface area contributed by atoms with Crippen molar-refractivity contribution in [2.24, 2.45) is 5.92 Å². The maximum Gasteiger partial charge on any atom is 0.260 e. The van der Waals surface area contributed by atoms with E-state index in [1.807, 2.05) is 17.0 Å². The molecule has 1 saturated heterocycles. The van der Waals surface area contributed by atoms with Crippen molar-refractivity contribution in [1.82, 2.24) is 4.90 Å². The summed E-state index contributed by atoms with van der Waals surface area (Å²) in [6.45, 7) is 5.23. The van der Waals surface area contributed by atoms with Gasteiger partial charge in [-0.3, -0.25) is 4.79 Å². The lowest BCUT2D eigenvalue weighted by atomic mass is 9.92. The number of nitrogens with zero attached hydrogens (tertiary/aromatic N) is 1. The molecule has 0 radical (unpaired) electrons. The lowest BCUT2D eigenvalue weighted by molar-refractivity contribution is -0.137. The van der Waals surface area contributed by atoms with E-state index in [2.05, 4.69) is 13.8 Å². The van der Waals surface area contributed by atoms with Gasteiger partial charge in [0.25, 0.3) is 5.91 Å². The Morgan fingerprint density at radius 3 is 3.00 bits per heavy atom. The van der Waals surface area contributed by atoms with Crippen LogP contribution in [0.5, 0.6) is 5.75 Å². The zero-order valence-electron chi connectivity index (χ0n) is 11.6. The van der Waals surface area contributed by atoms with Crippen LogP contribution >= 0.6 is 0 Å². The number of rotatable bonds is 3. The second-order valence-electron chi connectivity index (χ2n) is 5.31. The van der Waals surface area contributed by atoms with E-state index in [0.29, 0.717) is 23.4 Å². The lowest BCUT2D eigenvalue weighted by Gasteiger charge is -2.37. The normalized spacial score (nSPS) is 23.2. The van der Waals surface area contributed by atoms with Crippen molar-refractivity contribution in [3.63, 3.8) is 0 Å². The molecule has 1 fully saturated rings. The van der Waals surface area contributed by atoms with E-state index in [1.54, 1.807) is 12.1 Å². The molecule has 19 heavy (non-hydrogen) atoms. The van der Waals surface area contributed by atoms with Gasteiger partial charge in [0.2, 0.25) is 0 Å². The number of ether oxygens (including phenoxy) is 1. The summed E-state index contributed by atoms with van der Waals surface area (Å²) in [7, 11) is 0. The van der Waals surface area contributed by atoms with Gasteiger partial charge in [-0.15, -0.1) is 0 Å². The van der Waals surface area contributed by atoms with Gasteiger partial charge in [-0.2, -0.15) is 0 Å². The highest BCUT2D eigenvalue weighted by Crippen LogP contribution is 2.23. The molecule has 4 heteroatoms. The number of anilines is 1. The first-order valence-corrected chi connectivity index (χ1v) is 6.85. The van der Waals surface area contributed by atoms with Crippen LogP contribution in [0.25, 0.3) is 0 Å². The molecule has 104 valence electrons. The van der Waals surface area contributed by atoms with Gasteiger partial charge < -0.3 is 15.4 Å². The predicted molar refractivity (Wildman–Crippen MR) is 75.9 cm³/mol. The molecular formula is C15H22N2O2. The van der Waals surface area contributed by atoms with Crippen LogP contribution in [-0.4, -0.2) is 30.0 Å². The molecular weight excluding hydrogens is 240 g/mol. The summed E-state index contributed by atoms with van der Waals surface area (Å²) in [6, 6.07) is 7.45. The Hall–Kier alpha value is -1.71. The summed E-state index contributed by atoms with van der Waals surface area (Å²) >= 11 is 0. The molecule has 1 heterocycles. The Bertz CT molecular complexity index is 448. The van der Waals surface area contributed by atoms with Crippen molar-refractivity contribution in [3.05, 3.63) is 24.3 Å². The third kappa shape index (κ3) is 3.40. The second-order valence-corrected chi connectivity index (χ2v) is 5.31. The quantitative estimate of drug-likeness (QED) is 0.850.